The SMILES string of the molecule is COc1ccccc1/C=C1/SC(=Nc2ccccc2F)N(C)C1=O. The van der Waals surface area contributed by atoms with Crippen LogP contribution < -0.4 is 4.74 Å². The van der Waals surface area contributed by atoms with Crippen molar-refractivity contribution in [3.63, 3.8) is 0 Å². The van der Waals surface area contributed by atoms with Crippen molar-refractivity contribution in [1.29, 1.82) is 0 Å². The number of carbonyl (C=O) groups is 1. The number of thioether (sulfide) groups is 1. The lowest BCUT2D eigenvalue weighted by Gasteiger charge is -2.07. The van der Waals surface area contributed by atoms with Crippen LogP contribution in [0.25, 0.3) is 6.08 Å². The third-order valence-corrected chi connectivity index (χ3v) is 4.56. The number of amides is 1. The molecule has 24 heavy (non-hydrogen) atoms. The summed E-state index contributed by atoms with van der Waals surface area (Å²) in [6, 6.07) is 13.6. The van der Waals surface area contributed by atoms with Crippen LogP contribution in [0.2, 0.25) is 0 Å². The van der Waals surface area contributed by atoms with Gasteiger partial charge in [0.2, 0.25) is 0 Å². The van der Waals surface area contributed by atoms with Crippen LogP contribution in [0.15, 0.2) is 58.4 Å². The molecule has 0 spiro atoms. The first-order valence-corrected chi connectivity index (χ1v) is 8.05. The molecule has 1 aliphatic rings. The first-order chi connectivity index (χ1) is 11.6. The topological polar surface area (TPSA) is 41.9 Å². The Morgan fingerprint density at radius 3 is 2.62 bits per heavy atom. The summed E-state index contributed by atoms with van der Waals surface area (Å²) in [5.41, 5.74) is 1.01. The standard InChI is InChI=1S/C18H15FN2O2S/c1-21-17(22)16(11-12-7-3-6-10-15(12)23-2)24-18(21)20-14-9-5-4-8-13(14)19/h3-11H,1-2H3/b16-11+,20-18?. The second-order valence-corrected chi connectivity index (χ2v) is 6.07. The van der Waals surface area contributed by atoms with Gasteiger partial charge < -0.3 is 4.74 Å². The van der Waals surface area contributed by atoms with Gasteiger partial charge in [-0.1, -0.05) is 30.3 Å². The first-order valence-electron chi connectivity index (χ1n) is 7.24. The normalized spacial score (nSPS) is 17.8. The van der Waals surface area contributed by atoms with E-state index in [2.05, 4.69) is 4.99 Å². The molecule has 4 nitrogen and oxygen atoms in total. The molecule has 2 aromatic rings. The van der Waals surface area contributed by atoms with E-state index in [1.807, 2.05) is 24.3 Å². The minimum atomic E-state index is -0.423. The Morgan fingerprint density at radius 2 is 1.88 bits per heavy atom. The van der Waals surface area contributed by atoms with Crippen LogP contribution in [0.1, 0.15) is 5.56 Å². The number of hydrogen-bond acceptors (Lipinski definition) is 4. The average Bonchev–Trinajstić information content (AvgIpc) is 2.85. The van der Waals surface area contributed by atoms with E-state index in [1.165, 1.54) is 22.7 Å². The highest BCUT2D eigenvalue weighted by Gasteiger charge is 2.30. The number of hydrogen-bond donors (Lipinski definition) is 0. The molecule has 0 saturated carbocycles. The zero-order valence-corrected chi connectivity index (χ0v) is 14.0. The van der Waals surface area contributed by atoms with E-state index in [0.717, 1.165) is 5.56 Å². The maximum absolute atomic E-state index is 13.8. The fraction of sp³-hybridized carbons (Fsp3) is 0.111. The highest BCUT2D eigenvalue weighted by Crippen LogP contribution is 2.34. The predicted octanol–water partition coefficient (Wildman–Crippen LogP) is 4.07. The number of amidine groups is 1. The van der Waals surface area contributed by atoms with Crippen molar-refractivity contribution in [1.82, 2.24) is 4.90 Å². The van der Waals surface area contributed by atoms with E-state index in [4.69, 9.17) is 4.74 Å². The lowest BCUT2D eigenvalue weighted by atomic mass is 10.2. The Morgan fingerprint density at radius 1 is 1.17 bits per heavy atom. The van der Waals surface area contributed by atoms with Crippen molar-refractivity contribution in [3.8, 4) is 5.75 Å². The summed E-state index contributed by atoms with van der Waals surface area (Å²) >= 11 is 1.21. The van der Waals surface area contributed by atoms with E-state index in [-0.39, 0.29) is 11.6 Å². The summed E-state index contributed by atoms with van der Waals surface area (Å²) in [6.45, 7) is 0. The van der Waals surface area contributed by atoms with E-state index < -0.39 is 5.82 Å². The summed E-state index contributed by atoms with van der Waals surface area (Å²) in [5, 5.41) is 0.436. The molecule has 0 aliphatic carbocycles. The monoisotopic (exact) mass is 342 g/mol. The van der Waals surface area contributed by atoms with Crippen molar-refractivity contribution in [2.75, 3.05) is 14.2 Å². The molecule has 1 aliphatic heterocycles. The number of nitrogens with zero attached hydrogens (tertiary/aromatic N) is 2. The molecule has 0 N–H and O–H groups in total. The van der Waals surface area contributed by atoms with Crippen LogP contribution in [-0.4, -0.2) is 30.1 Å². The molecule has 0 atom stereocenters. The molecule has 1 saturated heterocycles. The average molecular weight is 342 g/mol. The van der Waals surface area contributed by atoms with Gasteiger partial charge in [-0.15, -0.1) is 0 Å². The van der Waals surface area contributed by atoms with Gasteiger partial charge in [0.15, 0.2) is 5.17 Å². The number of para-hydroxylation sites is 2. The van der Waals surface area contributed by atoms with Gasteiger partial charge in [0, 0.05) is 12.6 Å². The Labute approximate surface area is 143 Å². The Hall–Kier alpha value is -2.60. The zero-order chi connectivity index (χ0) is 17.1. The van der Waals surface area contributed by atoms with E-state index >= 15 is 0 Å². The number of benzene rings is 2. The number of carbonyl (C=O) groups excluding carboxylic acids is 1. The fourth-order valence-corrected chi connectivity index (χ4v) is 3.19. The van der Waals surface area contributed by atoms with Crippen molar-refractivity contribution >= 4 is 34.6 Å². The molecular formula is C18H15FN2O2S. The van der Waals surface area contributed by atoms with Crippen LogP contribution in [-0.2, 0) is 4.79 Å². The Bertz CT molecular complexity index is 848. The van der Waals surface area contributed by atoms with E-state index in [0.29, 0.717) is 15.8 Å². The molecule has 6 heteroatoms. The quantitative estimate of drug-likeness (QED) is 0.790. The van der Waals surface area contributed by atoms with Crippen molar-refractivity contribution in [3.05, 3.63) is 64.8 Å². The first kappa shape index (κ1) is 16.3. The lowest BCUT2D eigenvalue weighted by molar-refractivity contribution is -0.121. The number of halogens is 1. The molecule has 0 aromatic heterocycles. The lowest BCUT2D eigenvalue weighted by Crippen LogP contribution is -2.23. The summed E-state index contributed by atoms with van der Waals surface area (Å²) in [7, 11) is 3.20. The van der Waals surface area contributed by atoms with Crippen molar-refractivity contribution in [2.24, 2.45) is 4.99 Å². The highest BCUT2D eigenvalue weighted by molar-refractivity contribution is 8.18. The van der Waals surface area contributed by atoms with Crippen molar-refractivity contribution < 1.29 is 13.9 Å². The fourth-order valence-electron chi connectivity index (χ4n) is 2.22. The second kappa shape index (κ2) is 6.88. The van der Waals surface area contributed by atoms with Crippen LogP contribution in [0, 0.1) is 5.82 Å². The number of aliphatic imine (C=N–C) groups is 1. The molecule has 122 valence electrons. The number of ether oxygens (including phenoxy) is 1. The van der Waals surface area contributed by atoms with Gasteiger partial charge >= 0.3 is 0 Å². The molecule has 1 fully saturated rings. The van der Waals surface area contributed by atoms with Gasteiger partial charge in [0.05, 0.1) is 12.0 Å². The van der Waals surface area contributed by atoms with Crippen LogP contribution in [0.5, 0.6) is 5.75 Å². The number of methoxy groups -OCH3 is 1. The molecular weight excluding hydrogens is 327 g/mol. The maximum atomic E-state index is 13.8. The maximum Gasteiger partial charge on any atom is 0.266 e. The molecule has 2 aromatic carbocycles. The Kier molecular flexibility index (Phi) is 4.66. The van der Waals surface area contributed by atoms with Gasteiger partial charge in [0.1, 0.15) is 17.3 Å². The molecule has 0 unspecified atom stereocenters. The molecule has 1 amide bonds. The largest absolute Gasteiger partial charge is 0.496 e. The van der Waals surface area contributed by atoms with Gasteiger partial charge in [-0.3, -0.25) is 9.69 Å². The summed E-state index contributed by atoms with van der Waals surface area (Å²) in [6.07, 6.45) is 1.76. The van der Waals surface area contributed by atoms with Gasteiger partial charge in [-0.25, -0.2) is 9.38 Å². The summed E-state index contributed by atoms with van der Waals surface area (Å²) < 4.78 is 19.1. The molecule has 1 heterocycles. The predicted molar refractivity (Wildman–Crippen MR) is 94.8 cm³/mol. The minimum absolute atomic E-state index is 0.180. The smallest absolute Gasteiger partial charge is 0.266 e. The van der Waals surface area contributed by atoms with E-state index in [9.17, 15) is 9.18 Å². The number of rotatable bonds is 3. The van der Waals surface area contributed by atoms with E-state index in [1.54, 1.807) is 38.4 Å². The number of likely N-dealkylation sites (N-methyl/N-ethyl adjacent to an activating group) is 1. The van der Waals surface area contributed by atoms with Crippen molar-refractivity contribution in [2.45, 2.75) is 0 Å². The van der Waals surface area contributed by atoms with Crippen LogP contribution in [0.3, 0.4) is 0 Å². The van der Waals surface area contributed by atoms with Gasteiger partial charge in [0.25, 0.3) is 5.91 Å². The Balaban J connectivity index is 1.95. The van der Waals surface area contributed by atoms with Gasteiger partial charge in [-0.05, 0) is 36.0 Å². The summed E-state index contributed by atoms with van der Waals surface area (Å²) in [5.74, 6) is 0.0788. The summed E-state index contributed by atoms with van der Waals surface area (Å²) in [4.78, 5) is 18.6. The second-order valence-electron chi connectivity index (χ2n) is 5.06. The minimum Gasteiger partial charge on any atom is -0.496 e. The third kappa shape index (κ3) is 3.19. The third-order valence-electron chi connectivity index (χ3n) is 3.50. The molecule has 0 radical (unpaired) electrons. The molecule has 0 bridgehead atoms. The van der Waals surface area contributed by atoms with Crippen LogP contribution in [0.4, 0.5) is 10.1 Å². The van der Waals surface area contributed by atoms with Crippen LogP contribution >= 0.6 is 11.8 Å². The zero-order valence-electron chi connectivity index (χ0n) is 13.2. The highest BCUT2D eigenvalue weighted by atomic mass is 32.2. The molecule has 3 rings (SSSR count). The van der Waals surface area contributed by atoms with Gasteiger partial charge in [-0.2, -0.15) is 0 Å².